The molecule has 0 N–H and O–H groups in total. The van der Waals surface area contributed by atoms with Gasteiger partial charge in [-0.2, -0.15) is 0 Å². The molecule has 1 heterocycles. The van der Waals surface area contributed by atoms with Gasteiger partial charge in [-0.1, -0.05) is 6.07 Å². The fourth-order valence-corrected chi connectivity index (χ4v) is 2.43. The van der Waals surface area contributed by atoms with Gasteiger partial charge in [0.2, 0.25) is 5.91 Å². The second-order valence-corrected chi connectivity index (χ2v) is 5.18. The van der Waals surface area contributed by atoms with Crippen LogP contribution in [0.25, 0.3) is 0 Å². The van der Waals surface area contributed by atoms with Gasteiger partial charge in [-0.15, -0.1) is 0 Å². The van der Waals surface area contributed by atoms with Crippen LogP contribution >= 0.6 is 0 Å². The van der Waals surface area contributed by atoms with Gasteiger partial charge in [0.05, 0.1) is 12.5 Å². The molecular weight excluding hydrogens is 305 g/mol. The van der Waals surface area contributed by atoms with Crippen molar-refractivity contribution in [1.82, 2.24) is 9.88 Å². The summed E-state index contributed by atoms with van der Waals surface area (Å²) >= 11 is 0. The molecule has 2 rings (SSSR count). The van der Waals surface area contributed by atoms with Crippen molar-refractivity contribution in [3.63, 3.8) is 0 Å². The number of likely N-dealkylation sites (N-methyl/N-ethyl adjacent to an activating group) is 1. The number of benzene rings is 1. The Balaban J connectivity index is 2.19. The maximum absolute atomic E-state index is 13.7. The molecule has 0 bridgehead atoms. The number of aromatic nitrogens is 1. The van der Waals surface area contributed by atoms with E-state index in [9.17, 15) is 18.0 Å². The molecule has 122 valence electrons. The van der Waals surface area contributed by atoms with Gasteiger partial charge in [-0.25, -0.2) is 13.2 Å². The van der Waals surface area contributed by atoms with Crippen LogP contribution in [0.4, 0.5) is 13.2 Å². The van der Waals surface area contributed by atoms with Crippen LogP contribution in [0.3, 0.4) is 0 Å². The standard InChI is InChI=1S/C17H17F3N2O/c1-3-22(11(2)12-5-4-6-21-10-12)17(23)8-13-7-15(19)16(20)9-14(13)18/h4-7,9-11H,3,8H2,1-2H3. The first kappa shape index (κ1) is 17.0. The first-order chi connectivity index (χ1) is 10.9. The zero-order chi connectivity index (χ0) is 17.0. The Kier molecular flexibility index (Phi) is 5.36. The van der Waals surface area contributed by atoms with E-state index >= 15 is 0 Å². The van der Waals surface area contributed by atoms with Gasteiger partial charge in [0.25, 0.3) is 0 Å². The first-order valence-corrected chi connectivity index (χ1v) is 7.26. The molecule has 6 heteroatoms. The number of pyridine rings is 1. The summed E-state index contributed by atoms with van der Waals surface area (Å²) in [5.74, 6) is -3.73. The lowest BCUT2D eigenvalue weighted by atomic mass is 10.1. The largest absolute Gasteiger partial charge is 0.336 e. The molecule has 1 amide bonds. The molecule has 23 heavy (non-hydrogen) atoms. The number of halogens is 3. The number of hydrogen-bond donors (Lipinski definition) is 0. The molecule has 1 aromatic heterocycles. The lowest BCUT2D eigenvalue weighted by molar-refractivity contribution is -0.132. The third-order valence-electron chi connectivity index (χ3n) is 3.73. The average Bonchev–Trinajstić information content (AvgIpc) is 2.54. The highest BCUT2D eigenvalue weighted by Gasteiger charge is 2.22. The van der Waals surface area contributed by atoms with Crippen molar-refractivity contribution in [2.75, 3.05) is 6.54 Å². The van der Waals surface area contributed by atoms with E-state index in [0.717, 1.165) is 11.6 Å². The van der Waals surface area contributed by atoms with Crippen LogP contribution in [-0.4, -0.2) is 22.3 Å². The summed E-state index contributed by atoms with van der Waals surface area (Å²) in [4.78, 5) is 18.0. The van der Waals surface area contributed by atoms with E-state index in [1.54, 1.807) is 25.4 Å². The Bertz CT molecular complexity index is 692. The summed E-state index contributed by atoms with van der Waals surface area (Å²) in [6.45, 7) is 4.03. The van der Waals surface area contributed by atoms with E-state index in [1.165, 1.54) is 4.90 Å². The molecule has 0 aliphatic carbocycles. The summed E-state index contributed by atoms with van der Waals surface area (Å²) < 4.78 is 39.9. The van der Waals surface area contributed by atoms with E-state index in [0.29, 0.717) is 12.6 Å². The van der Waals surface area contributed by atoms with Gasteiger partial charge in [0, 0.05) is 30.6 Å². The van der Waals surface area contributed by atoms with E-state index in [2.05, 4.69) is 4.98 Å². The number of amides is 1. The van der Waals surface area contributed by atoms with Crippen LogP contribution in [0.1, 0.15) is 31.0 Å². The summed E-state index contributed by atoms with van der Waals surface area (Å²) in [6.07, 6.45) is 2.95. The third-order valence-corrected chi connectivity index (χ3v) is 3.73. The topological polar surface area (TPSA) is 33.2 Å². The van der Waals surface area contributed by atoms with Gasteiger partial charge in [0.1, 0.15) is 5.82 Å². The lowest BCUT2D eigenvalue weighted by Crippen LogP contribution is -2.34. The molecule has 1 atom stereocenters. The summed E-state index contributed by atoms with van der Waals surface area (Å²) in [6, 6.07) is 4.53. The van der Waals surface area contributed by atoms with Crippen molar-refractivity contribution in [3.05, 3.63) is 65.2 Å². The van der Waals surface area contributed by atoms with Crippen LogP contribution in [-0.2, 0) is 11.2 Å². The zero-order valence-electron chi connectivity index (χ0n) is 12.9. The van der Waals surface area contributed by atoms with Crippen molar-refractivity contribution >= 4 is 5.91 Å². The SMILES string of the molecule is CCN(C(=O)Cc1cc(F)c(F)cc1F)C(C)c1cccnc1. The van der Waals surface area contributed by atoms with Crippen LogP contribution < -0.4 is 0 Å². The van der Waals surface area contributed by atoms with Crippen molar-refractivity contribution in [2.45, 2.75) is 26.3 Å². The molecule has 0 saturated heterocycles. The molecule has 0 spiro atoms. The van der Waals surface area contributed by atoms with E-state index in [-0.39, 0.29) is 23.9 Å². The summed E-state index contributed by atoms with van der Waals surface area (Å²) in [5.41, 5.74) is 0.680. The summed E-state index contributed by atoms with van der Waals surface area (Å²) in [5, 5.41) is 0. The minimum absolute atomic E-state index is 0.161. The minimum Gasteiger partial charge on any atom is -0.336 e. The molecule has 0 saturated carbocycles. The molecule has 3 nitrogen and oxygen atoms in total. The van der Waals surface area contributed by atoms with Crippen LogP contribution in [0, 0.1) is 17.5 Å². The Morgan fingerprint density at radius 1 is 1.22 bits per heavy atom. The number of nitrogens with zero attached hydrogens (tertiary/aromatic N) is 2. The molecule has 0 fully saturated rings. The Morgan fingerprint density at radius 3 is 2.52 bits per heavy atom. The molecule has 2 aromatic rings. The van der Waals surface area contributed by atoms with Crippen LogP contribution in [0.5, 0.6) is 0 Å². The van der Waals surface area contributed by atoms with Crippen molar-refractivity contribution < 1.29 is 18.0 Å². The minimum atomic E-state index is -1.27. The van der Waals surface area contributed by atoms with Crippen molar-refractivity contribution in [2.24, 2.45) is 0 Å². The molecule has 1 unspecified atom stereocenters. The molecule has 0 radical (unpaired) electrons. The predicted molar refractivity (Wildman–Crippen MR) is 80.1 cm³/mol. The molecular formula is C17H17F3N2O. The van der Waals surface area contributed by atoms with Gasteiger partial charge >= 0.3 is 0 Å². The Morgan fingerprint density at radius 2 is 1.91 bits per heavy atom. The average molecular weight is 322 g/mol. The number of carbonyl (C=O) groups excluding carboxylic acids is 1. The third kappa shape index (κ3) is 3.88. The maximum atomic E-state index is 13.7. The number of hydrogen-bond acceptors (Lipinski definition) is 2. The highest BCUT2D eigenvalue weighted by atomic mass is 19.2. The van der Waals surface area contributed by atoms with E-state index in [1.807, 2.05) is 13.0 Å². The predicted octanol–water partition coefficient (Wildman–Crippen LogP) is 3.65. The van der Waals surface area contributed by atoms with E-state index in [4.69, 9.17) is 0 Å². The van der Waals surface area contributed by atoms with Crippen molar-refractivity contribution in [1.29, 1.82) is 0 Å². The summed E-state index contributed by atoms with van der Waals surface area (Å²) in [7, 11) is 0. The Hall–Kier alpha value is -2.37. The molecule has 0 aliphatic rings. The molecule has 1 aromatic carbocycles. The fourth-order valence-electron chi connectivity index (χ4n) is 2.43. The smallest absolute Gasteiger partial charge is 0.227 e. The van der Waals surface area contributed by atoms with Gasteiger partial charge in [-0.05, 0) is 31.5 Å². The second kappa shape index (κ2) is 7.26. The zero-order valence-corrected chi connectivity index (χ0v) is 12.9. The van der Waals surface area contributed by atoms with Crippen LogP contribution in [0.2, 0.25) is 0 Å². The van der Waals surface area contributed by atoms with Crippen molar-refractivity contribution in [3.8, 4) is 0 Å². The van der Waals surface area contributed by atoms with Gasteiger partial charge in [-0.3, -0.25) is 9.78 Å². The Labute approximate surface area is 132 Å². The fraction of sp³-hybridized carbons (Fsp3) is 0.294. The highest BCUT2D eigenvalue weighted by molar-refractivity contribution is 5.79. The van der Waals surface area contributed by atoms with Crippen LogP contribution in [0.15, 0.2) is 36.7 Å². The van der Waals surface area contributed by atoms with E-state index < -0.39 is 17.5 Å². The monoisotopic (exact) mass is 322 g/mol. The normalized spacial score (nSPS) is 12.0. The highest BCUT2D eigenvalue weighted by Crippen LogP contribution is 2.21. The number of rotatable bonds is 5. The molecule has 0 aliphatic heterocycles. The lowest BCUT2D eigenvalue weighted by Gasteiger charge is -2.28. The maximum Gasteiger partial charge on any atom is 0.227 e. The second-order valence-electron chi connectivity index (χ2n) is 5.18. The quantitative estimate of drug-likeness (QED) is 0.787. The van der Waals surface area contributed by atoms with Gasteiger partial charge < -0.3 is 4.90 Å². The van der Waals surface area contributed by atoms with Gasteiger partial charge in [0.15, 0.2) is 11.6 Å². The number of carbonyl (C=O) groups is 1. The first-order valence-electron chi connectivity index (χ1n) is 7.26.